The Kier molecular flexibility index (Phi) is 10.9. The Hall–Kier alpha value is -5.67. The lowest BCUT2D eigenvalue weighted by Gasteiger charge is -2.36. The smallest absolute Gasteiger partial charge is 0.259 e. The van der Waals surface area contributed by atoms with Crippen molar-refractivity contribution in [3.05, 3.63) is 142 Å². The Morgan fingerprint density at radius 2 is 1.55 bits per heavy atom. The number of anilines is 2. The number of carbonyl (C=O) groups excluding carboxylic acids is 3. The number of nitrogens with zero attached hydrogens (tertiary/aromatic N) is 5. The summed E-state index contributed by atoms with van der Waals surface area (Å²) >= 11 is 0. The molecule has 7 rings (SSSR count). The molecule has 55 heavy (non-hydrogen) atoms. The van der Waals surface area contributed by atoms with Crippen molar-refractivity contribution in [3.63, 3.8) is 0 Å². The van der Waals surface area contributed by atoms with E-state index in [2.05, 4.69) is 47.5 Å². The van der Waals surface area contributed by atoms with Crippen molar-refractivity contribution in [2.24, 2.45) is 7.05 Å². The average Bonchev–Trinajstić information content (AvgIpc) is 3.49. The van der Waals surface area contributed by atoms with E-state index in [0.29, 0.717) is 43.6 Å². The number of nitrogens with one attached hydrogen (secondary N) is 1. The van der Waals surface area contributed by atoms with Gasteiger partial charge in [0.1, 0.15) is 0 Å². The predicted molar refractivity (Wildman–Crippen MR) is 221 cm³/mol. The Balaban J connectivity index is 1.21. The summed E-state index contributed by atoms with van der Waals surface area (Å²) in [6.07, 6.45) is 1.77. The Bertz CT molecular complexity index is 2220. The number of hydrogen-bond donors (Lipinski definition) is 1. The molecule has 0 unspecified atom stereocenters. The maximum Gasteiger partial charge on any atom is 0.259 e. The second-order valence-electron chi connectivity index (χ2n) is 15.4. The van der Waals surface area contributed by atoms with Crippen LogP contribution in [-0.4, -0.2) is 83.8 Å². The molecule has 5 aromatic rings. The van der Waals surface area contributed by atoms with Crippen molar-refractivity contribution in [1.29, 1.82) is 0 Å². The lowest BCUT2D eigenvalue weighted by Crippen LogP contribution is -2.43. The van der Waals surface area contributed by atoms with E-state index in [4.69, 9.17) is 0 Å². The molecular weight excluding hydrogens is 685 g/mol. The van der Waals surface area contributed by atoms with Gasteiger partial charge in [-0.15, -0.1) is 0 Å². The van der Waals surface area contributed by atoms with Crippen LogP contribution in [0.2, 0.25) is 0 Å². The molecule has 284 valence electrons. The van der Waals surface area contributed by atoms with Gasteiger partial charge in [-0.1, -0.05) is 54.6 Å². The van der Waals surface area contributed by atoms with Crippen molar-refractivity contribution >= 4 is 29.1 Å². The van der Waals surface area contributed by atoms with E-state index in [1.807, 2.05) is 109 Å². The molecule has 0 bridgehead atoms. The number of rotatable bonds is 10. The number of fused-ring (bicyclic) bond motifs is 2. The number of aromatic nitrogens is 1. The molecule has 2 aliphatic heterocycles. The molecule has 0 spiro atoms. The summed E-state index contributed by atoms with van der Waals surface area (Å²) in [6.45, 7) is 7.37. The second kappa shape index (κ2) is 16.0. The van der Waals surface area contributed by atoms with Gasteiger partial charge in [-0.05, 0) is 111 Å². The molecular formula is C46H52N6O3. The SMILES string of the molecule is Cc1c(C(=O)N(C)c2ccccc2)cc(-c2cc3c(cc2C(=O)N2Cc4ccccc4C[C@H]2C)CN(C(=O)Cc2cccc(NCCN(C)C)c2)CC3)n1C. The standard InChI is InChI=1S/C46H52N6O3/c1-31-23-34-14-10-11-15-36(34)30-52(31)46(55)42-27-37-29-51(44(53)25-33-13-12-16-38(24-33)47-20-22-48(3)4)21-19-35(37)26-41(42)43-28-40(32(2)49(43)5)45(54)50(6)39-17-8-7-9-18-39/h7-18,24,26-28,31,47H,19-23,25,29-30H2,1-6H3/t31-/m1/s1. The zero-order valence-electron chi connectivity index (χ0n) is 32.9. The zero-order chi connectivity index (χ0) is 38.8. The zero-order valence-corrected chi connectivity index (χ0v) is 32.9. The molecule has 9 nitrogen and oxygen atoms in total. The van der Waals surface area contributed by atoms with E-state index in [-0.39, 0.29) is 23.8 Å². The third-order valence-electron chi connectivity index (χ3n) is 11.4. The van der Waals surface area contributed by atoms with E-state index in [9.17, 15) is 14.4 Å². The maximum atomic E-state index is 14.9. The minimum Gasteiger partial charge on any atom is -0.384 e. The van der Waals surface area contributed by atoms with Gasteiger partial charge in [-0.3, -0.25) is 14.4 Å². The number of para-hydroxylation sites is 1. The molecule has 9 heteroatoms. The van der Waals surface area contributed by atoms with Crippen LogP contribution >= 0.6 is 0 Å². The largest absolute Gasteiger partial charge is 0.384 e. The van der Waals surface area contributed by atoms with Gasteiger partial charge >= 0.3 is 0 Å². The third kappa shape index (κ3) is 7.94. The van der Waals surface area contributed by atoms with E-state index in [1.165, 1.54) is 5.56 Å². The van der Waals surface area contributed by atoms with E-state index >= 15 is 0 Å². The molecule has 1 aromatic heterocycles. The van der Waals surface area contributed by atoms with Crippen molar-refractivity contribution in [2.75, 3.05) is 51.0 Å². The van der Waals surface area contributed by atoms with Crippen LogP contribution in [0.25, 0.3) is 11.3 Å². The molecule has 4 aromatic carbocycles. The quantitative estimate of drug-likeness (QED) is 0.168. The number of likely N-dealkylation sites (N-methyl/N-ethyl adjacent to an activating group) is 1. The average molecular weight is 737 g/mol. The summed E-state index contributed by atoms with van der Waals surface area (Å²) in [4.78, 5) is 50.3. The highest BCUT2D eigenvalue weighted by molar-refractivity contribution is 6.08. The maximum absolute atomic E-state index is 14.9. The molecule has 0 radical (unpaired) electrons. The molecule has 0 fully saturated rings. The number of carbonyl (C=O) groups is 3. The summed E-state index contributed by atoms with van der Waals surface area (Å²) in [5.41, 5.74) is 11.0. The van der Waals surface area contributed by atoms with Crippen molar-refractivity contribution in [3.8, 4) is 11.3 Å². The topological polar surface area (TPSA) is 81.1 Å². The molecule has 2 aliphatic rings. The Morgan fingerprint density at radius 3 is 2.31 bits per heavy atom. The number of benzene rings is 4. The first-order valence-electron chi connectivity index (χ1n) is 19.3. The van der Waals surface area contributed by atoms with E-state index < -0.39 is 0 Å². The molecule has 1 atom stereocenters. The molecule has 3 amide bonds. The third-order valence-corrected chi connectivity index (χ3v) is 11.4. The fraction of sp³-hybridized carbons (Fsp3) is 0.326. The fourth-order valence-electron chi connectivity index (χ4n) is 7.94. The minimum atomic E-state index is -0.110. The summed E-state index contributed by atoms with van der Waals surface area (Å²) in [7, 11) is 7.85. The van der Waals surface area contributed by atoms with Crippen LogP contribution in [0.3, 0.4) is 0 Å². The first kappa shape index (κ1) is 37.6. The van der Waals surface area contributed by atoms with Gasteiger partial charge < -0.3 is 29.5 Å². The monoisotopic (exact) mass is 736 g/mol. The van der Waals surface area contributed by atoms with Crippen molar-refractivity contribution in [2.45, 2.75) is 52.2 Å². The van der Waals surface area contributed by atoms with Gasteiger partial charge in [-0.2, -0.15) is 0 Å². The molecule has 0 aliphatic carbocycles. The van der Waals surface area contributed by atoms with Gasteiger partial charge in [0.25, 0.3) is 11.8 Å². The van der Waals surface area contributed by atoms with Crippen LogP contribution in [0, 0.1) is 6.92 Å². The molecule has 3 heterocycles. The molecule has 1 N–H and O–H groups in total. The highest BCUT2D eigenvalue weighted by atomic mass is 16.2. The predicted octanol–water partition coefficient (Wildman–Crippen LogP) is 6.97. The van der Waals surface area contributed by atoms with Gasteiger partial charge in [0.05, 0.1) is 12.0 Å². The number of hydrogen-bond acceptors (Lipinski definition) is 5. The Labute approximate surface area is 325 Å². The van der Waals surface area contributed by atoms with Gasteiger partial charge in [-0.25, -0.2) is 0 Å². The van der Waals surface area contributed by atoms with Gasteiger partial charge in [0.2, 0.25) is 5.91 Å². The normalized spacial score (nSPS) is 15.1. The summed E-state index contributed by atoms with van der Waals surface area (Å²) in [5.74, 6) is -0.0882. The van der Waals surface area contributed by atoms with Crippen molar-refractivity contribution in [1.82, 2.24) is 19.3 Å². The van der Waals surface area contributed by atoms with Crippen LogP contribution in [0.5, 0.6) is 0 Å². The van der Waals surface area contributed by atoms with Crippen LogP contribution in [-0.2, 0) is 44.2 Å². The Morgan fingerprint density at radius 1 is 0.800 bits per heavy atom. The summed E-state index contributed by atoms with van der Waals surface area (Å²) < 4.78 is 2.03. The first-order chi connectivity index (χ1) is 26.5. The second-order valence-corrected chi connectivity index (χ2v) is 15.4. The summed E-state index contributed by atoms with van der Waals surface area (Å²) in [6, 6.07) is 32.2. The highest BCUT2D eigenvalue weighted by Crippen LogP contribution is 2.36. The first-order valence-corrected chi connectivity index (χ1v) is 19.3. The fourth-order valence-corrected chi connectivity index (χ4v) is 7.94. The summed E-state index contributed by atoms with van der Waals surface area (Å²) in [5, 5.41) is 3.46. The lowest BCUT2D eigenvalue weighted by atomic mass is 9.89. The van der Waals surface area contributed by atoms with Crippen LogP contribution < -0.4 is 10.2 Å². The lowest BCUT2D eigenvalue weighted by molar-refractivity contribution is -0.131. The highest BCUT2D eigenvalue weighted by Gasteiger charge is 2.32. The van der Waals surface area contributed by atoms with Crippen LogP contribution in [0.1, 0.15) is 61.2 Å². The minimum absolute atomic E-state index is 0.00398. The van der Waals surface area contributed by atoms with Crippen LogP contribution in [0.15, 0.2) is 97.1 Å². The molecule has 0 saturated heterocycles. The van der Waals surface area contributed by atoms with E-state index in [0.717, 1.165) is 70.1 Å². The van der Waals surface area contributed by atoms with Crippen LogP contribution in [0.4, 0.5) is 11.4 Å². The van der Waals surface area contributed by atoms with Gasteiger partial charge in [0.15, 0.2) is 0 Å². The van der Waals surface area contributed by atoms with E-state index in [1.54, 1.807) is 11.9 Å². The number of amides is 3. The van der Waals surface area contributed by atoms with Crippen molar-refractivity contribution < 1.29 is 14.4 Å². The van der Waals surface area contributed by atoms with Gasteiger partial charge in [0, 0.05) is 86.8 Å². The molecule has 0 saturated carbocycles.